The summed E-state index contributed by atoms with van der Waals surface area (Å²) in [6, 6.07) is 11.6. The van der Waals surface area contributed by atoms with E-state index in [1.54, 1.807) is 0 Å². The van der Waals surface area contributed by atoms with E-state index in [1.165, 1.54) is 12.1 Å². The zero-order chi connectivity index (χ0) is 16.9. The SMILES string of the molecule is CCOc1ccccc1N1CCN(Cc2cc(F)ccc2F)CC1. The second-order valence-electron chi connectivity index (χ2n) is 5.90. The first-order valence-corrected chi connectivity index (χ1v) is 8.30. The second kappa shape index (κ2) is 7.62. The van der Waals surface area contributed by atoms with Crippen molar-refractivity contribution in [2.75, 3.05) is 37.7 Å². The molecule has 0 aromatic heterocycles. The molecule has 3 nitrogen and oxygen atoms in total. The molecule has 2 aromatic carbocycles. The third-order valence-corrected chi connectivity index (χ3v) is 4.28. The van der Waals surface area contributed by atoms with Gasteiger partial charge in [0.05, 0.1) is 12.3 Å². The lowest BCUT2D eigenvalue weighted by atomic mass is 10.1. The Hall–Kier alpha value is -2.14. The third-order valence-electron chi connectivity index (χ3n) is 4.28. The molecule has 128 valence electrons. The molecule has 1 aliphatic rings. The van der Waals surface area contributed by atoms with Crippen LogP contribution in [0, 0.1) is 11.6 Å². The van der Waals surface area contributed by atoms with Crippen LogP contribution in [-0.2, 0) is 6.54 Å². The van der Waals surface area contributed by atoms with Crippen LogP contribution in [0.1, 0.15) is 12.5 Å². The van der Waals surface area contributed by atoms with E-state index < -0.39 is 5.82 Å². The highest BCUT2D eigenvalue weighted by Crippen LogP contribution is 2.29. The van der Waals surface area contributed by atoms with Gasteiger partial charge >= 0.3 is 0 Å². The van der Waals surface area contributed by atoms with Gasteiger partial charge in [-0.25, -0.2) is 8.78 Å². The lowest BCUT2D eigenvalue weighted by Crippen LogP contribution is -2.46. The van der Waals surface area contributed by atoms with E-state index in [-0.39, 0.29) is 5.82 Å². The summed E-state index contributed by atoms with van der Waals surface area (Å²) in [6.07, 6.45) is 0. The number of nitrogens with zero attached hydrogens (tertiary/aromatic N) is 2. The molecular formula is C19H22F2N2O. The molecule has 0 amide bonds. The van der Waals surface area contributed by atoms with Gasteiger partial charge in [0, 0.05) is 38.3 Å². The summed E-state index contributed by atoms with van der Waals surface area (Å²) in [5.74, 6) is 0.154. The molecule has 0 spiro atoms. The van der Waals surface area contributed by atoms with E-state index in [0.29, 0.717) is 18.7 Å². The van der Waals surface area contributed by atoms with Crippen molar-refractivity contribution in [3.63, 3.8) is 0 Å². The number of halogens is 2. The number of anilines is 1. The summed E-state index contributed by atoms with van der Waals surface area (Å²) in [7, 11) is 0. The Bertz CT molecular complexity index is 685. The molecule has 0 atom stereocenters. The van der Waals surface area contributed by atoms with Crippen molar-refractivity contribution in [1.82, 2.24) is 4.90 Å². The average Bonchev–Trinajstić information content (AvgIpc) is 2.60. The first kappa shape index (κ1) is 16.7. The smallest absolute Gasteiger partial charge is 0.142 e. The van der Waals surface area contributed by atoms with Crippen molar-refractivity contribution in [2.45, 2.75) is 13.5 Å². The van der Waals surface area contributed by atoms with Crippen molar-refractivity contribution < 1.29 is 13.5 Å². The molecular weight excluding hydrogens is 310 g/mol. The summed E-state index contributed by atoms with van der Waals surface area (Å²) in [4.78, 5) is 4.43. The summed E-state index contributed by atoms with van der Waals surface area (Å²) in [5, 5.41) is 0. The van der Waals surface area contributed by atoms with Gasteiger partial charge in [0.2, 0.25) is 0 Å². The maximum absolute atomic E-state index is 13.8. The lowest BCUT2D eigenvalue weighted by molar-refractivity contribution is 0.245. The quantitative estimate of drug-likeness (QED) is 0.831. The Morgan fingerprint density at radius 3 is 2.50 bits per heavy atom. The number of hydrogen-bond acceptors (Lipinski definition) is 3. The van der Waals surface area contributed by atoms with Gasteiger partial charge < -0.3 is 9.64 Å². The minimum Gasteiger partial charge on any atom is -0.492 e. The Balaban J connectivity index is 1.63. The van der Waals surface area contributed by atoms with Crippen molar-refractivity contribution in [1.29, 1.82) is 0 Å². The van der Waals surface area contributed by atoms with Crippen LogP contribution in [0.2, 0.25) is 0 Å². The Morgan fingerprint density at radius 2 is 1.75 bits per heavy atom. The fourth-order valence-electron chi connectivity index (χ4n) is 3.05. The average molecular weight is 332 g/mol. The molecule has 0 N–H and O–H groups in total. The lowest BCUT2D eigenvalue weighted by Gasteiger charge is -2.36. The molecule has 1 fully saturated rings. The summed E-state index contributed by atoms with van der Waals surface area (Å²) < 4.78 is 32.8. The highest BCUT2D eigenvalue weighted by molar-refractivity contribution is 5.58. The summed E-state index contributed by atoms with van der Waals surface area (Å²) >= 11 is 0. The molecule has 5 heteroatoms. The molecule has 1 heterocycles. The van der Waals surface area contributed by atoms with Gasteiger partial charge in [-0.3, -0.25) is 4.90 Å². The predicted molar refractivity (Wildman–Crippen MR) is 91.5 cm³/mol. The van der Waals surface area contributed by atoms with Gasteiger partial charge in [-0.05, 0) is 37.3 Å². The van der Waals surface area contributed by atoms with Gasteiger partial charge in [0.25, 0.3) is 0 Å². The van der Waals surface area contributed by atoms with Gasteiger partial charge in [-0.15, -0.1) is 0 Å². The summed E-state index contributed by atoms with van der Waals surface area (Å²) in [6.45, 7) is 6.32. The highest BCUT2D eigenvalue weighted by Gasteiger charge is 2.20. The molecule has 0 unspecified atom stereocenters. The maximum Gasteiger partial charge on any atom is 0.142 e. The minimum absolute atomic E-state index is 0.347. The van der Waals surface area contributed by atoms with Crippen LogP contribution in [0.5, 0.6) is 5.75 Å². The topological polar surface area (TPSA) is 15.7 Å². The van der Waals surface area contributed by atoms with E-state index in [9.17, 15) is 8.78 Å². The normalized spacial score (nSPS) is 15.5. The van der Waals surface area contributed by atoms with Crippen LogP contribution in [-0.4, -0.2) is 37.7 Å². The zero-order valence-electron chi connectivity index (χ0n) is 13.8. The number of benzene rings is 2. The molecule has 2 aromatic rings. The molecule has 3 rings (SSSR count). The fraction of sp³-hybridized carbons (Fsp3) is 0.368. The Labute approximate surface area is 141 Å². The van der Waals surface area contributed by atoms with Crippen molar-refractivity contribution >= 4 is 5.69 Å². The number of ether oxygens (including phenoxy) is 1. The van der Waals surface area contributed by atoms with E-state index in [4.69, 9.17) is 4.74 Å². The van der Waals surface area contributed by atoms with Crippen LogP contribution < -0.4 is 9.64 Å². The monoisotopic (exact) mass is 332 g/mol. The van der Waals surface area contributed by atoms with Crippen LogP contribution in [0.3, 0.4) is 0 Å². The summed E-state index contributed by atoms with van der Waals surface area (Å²) in [5.41, 5.74) is 1.51. The zero-order valence-corrected chi connectivity index (χ0v) is 13.8. The van der Waals surface area contributed by atoms with E-state index in [1.807, 2.05) is 25.1 Å². The van der Waals surface area contributed by atoms with Crippen LogP contribution >= 0.6 is 0 Å². The second-order valence-corrected chi connectivity index (χ2v) is 5.90. The number of rotatable bonds is 5. The Morgan fingerprint density at radius 1 is 1.00 bits per heavy atom. The molecule has 0 bridgehead atoms. The largest absolute Gasteiger partial charge is 0.492 e. The van der Waals surface area contributed by atoms with Crippen molar-refractivity contribution in [3.05, 3.63) is 59.7 Å². The molecule has 0 aliphatic carbocycles. The number of para-hydroxylation sites is 2. The molecule has 1 aliphatic heterocycles. The van der Waals surface area contributed by atoms with Crippen molar-refractivity contribution in [3.8, 4) is 5.75 Å². The van der Waals surface area contributed by atoms with Gasteiger partial charge in [0.15, 0.2) is 0 Å². The standard InChI is InChI=1S/C19H22F2N2O/c1-2-24-19-6-4-3-5-18(19)23-11-9-22(10-12-23)14-15-13-16(20)7-8-17(15)21/h3-8,13H,2,9-12,14H2,1H3. The molecule has 24 heavy (non-hydrogen) atoms. The van der Waals surface area contributed by atoms with Gasteiger partial charge in [0.1, 0.15) is 17.4 Å². The van der Waals surface area contributed by atoms with Gasteiger partial charge in [-0.2, -0.15) is 0 Å². The molecule has 0 saturated carbocycles. The number of hydrogen-bond donors (Lipinski definition) is 0. The maximum atomic E-state index is 13.8. The van der Waals surface area contributed by atoms with Gasteiger partial charge in [-0.1, -0.05) is 12.1 Å². The predicted octanol–water partition coefficient (Wildman–Crippen LogP) is 3.69. The fourth-order valence-corrected chi connectivity index (χ4v) is 3.05. The first-order chi connectivity index (χ1) is 11.7. The van der Waals surface area contributed by atoms with E-state index in [2.05, 4.69) is 15.9 Å². The molecule has 1 saturated heterocycles. The Kier molecular flexibility index (Phi) is 5.30. The van der Waals surface area contributed by atoms with E-state index >= 15 is 0 Å². The van der Waals surface area contributed by atoms with Crippen LogP contribution in [0.15, 0.2) is 42.5 Å². The minimum atomic E-state index is -0.393. The van der Waals surface area contributed by atoms with Crippen LogP contribution in [0.25, 0.3) is 0 Å². The third kappa shape index (κ3) is 3.85. The highest BCUT2D eigenvalue weighted by atomic mass is 19.1. The van der Waals surface area contributed by atoms with E-state index in [0.717, 1.165) is 43.7 Å². The first-order valence-electron chi connectivity index (χ1n) is 8.30. The van der Waals surface area contributed by atoms with Crippen molar-refractivity contribution in [2.24, 2.45) is 0 Å². The van der Waals surface area contributed by atoms with Crippen LogP contribution in [0.4, 0.5) is 14.5 Å². The number of piperazine rings is 1. The molecule has 0 radical (unpaired) electrons.